The Morgan fingerprint density at radius 3 is 2.26 bits per heavy atom. The summed E-state index contributed by atoms with van der Waals surface area (Å²) in [6.45, 7) is 9.54. The van der Waals surface area contributed by atoms with E-state index in [9.17, 15) is 13.2 Å². The van der Waals surface area contributed by atoms with Gasteiger partial charge in [-0.1, -0.05) is 35.9 Å². The van der Waals surface area contributed by atoms with Gasteiger partial charge in [-0.05, 0) is 63.8 Å². The number of sulfonamides is 1. The Bertz CT molecular complexity index is 1060. The summed E-state index contributed by atoms with van der Waals surface area (Å²) in [5, 5.41) is 3.08. The molecule has 1 N–H and O–H groups in total. The summed E-state index contributed by atoms with van der Waals surface area (Å²) in [4.78, 5) is 12.9. The zero-order chi connectivity index (χ0) is 24.7. The van der Waals surface area contributed by atoms with Crippen LogP contribution in [0.15, 0.2) is 42.5 Å². The fourth-order valence-corrected chi connectivity index (χ4v) is 5.70. The van der Waals surface area contributed by atoms with Crippen molar-refractivity contribution in [2.45, 2.75) is 52.3 Å². The number of piperidine rings is 1. The second kappa shape index (κ2) is 11.7. The standard InChI is InChI=1S/C26H36N2O5S/c1-5-32-24-12-11-23(17-25(24)33-6-2)20(4)27-26(29)22-13-15-28(16-14-22)34(30,31)18-21-9-7-19(3)8-10-21/h7-12,17,20,22H,5-6,13-16,18H2,1-4H3,(H,27,29)/t20-/m0/s1. The van der Waals surface area contributed by atoms with Crippen LogP contribution in [-0.4, -0.2) is 44.9 Å². The van der Waals surface area contributed by atoms with Gasteiger partial charge in [-0.2, -0.15) is 0 Å². The van der Waals surface area contributed by atoms with E-state index in [0.717, 1.165) is 16.7 Å². The first-order valence-corrected chi connectivity index (χ1v) is 13.6. The molecule has 186 valence electrons. The van der Waals surface area contributed by atoms with Crippen LogP contribution in [0.1, 0.15) is 56.3 Å². The normalized spacial score (nSPS) is 16.1. The van der Waals surface area contributed by atoms with Crippen LogP contribution in [0, 0.1) is 12.8 Å². The first-order chi connectivity index (χ1) is 16.2. The maximum absolute atomic E-state index is 12.9. The summed E-state index contributed by atoms with van der Waals surface area (Å²) in [7, 11) is -3.41. The van der Waals surface area contributed by atoms with E-state index in [0.29, 0.717) is 50.6 Å². The minimum Gasteiger partial charge on any atom is -0.490 e. The van der Waals surface area contributed by atoms with E-state index in [1.54, 1.807) is 0 Å². The van der Waals surface area contributed by atoms with Gasteiger partial charge in [0.1, 0.15) is 0 Å². The number of amides is 1. The van der Waals surface area contributed by atoms with Crippen molar-refractivity contribution in [1.82, 2.24) is 9.62 Å². The van der Waals surface area contributed by atoms with Crippen LogP contribution in [0.25, 0.3) is 0 Å². The number of hydrogen-bond acceptors (Lipinski definition) is 5. The average molecular weight is 489 g/mol. The fraction of sp³-hybridized carbons (Fsp3) is 0.500. The van der Waals surface area contributed by atoms with Crippen molar-refractivity contribution < 1.29 is 22.7 Å². The van der Waals surface area contributed by atoms with E-state index in [2.05, 4.69) is 5.32 Å². The Labute approximate surface area is 203 Å². The maximum Gasteiger partial charge on any atom is 0.223 e. The van der Waals surface area contributed by atoms with Crippen molar-refractivity contribution in [2.75, 3.05) is 26.3 Å². The maximum atomic E-state index is 12.9. The third-order valence-corrected chi connectivity index (χ3v) is 7.96. The second-order valence-corrected chi connectivity index (χ2v) is 10.7. The Morgan fingerprint density at radius 2 is 1.65 bits per heavy atom. The van der Waals surface area contributed by atoms with Gasteiger partial charge in [-0.25, -0.2) is 12.7 Å². The molecule has 8 heteroatoms. The molecule has 0 aromatic heterocycles. The molecule has 3 rings (SSSR count). The summed E-state index contributed by atoms with van der Waals surface area (Å²) in [6.07, 6.45) is 1.03. The van der Waals surface area contributed by atoms with E-state index in [1.807, 2.05) is 70.2 Å². The van der Waals surface area contributed by atoms with Crippen LogP contribution in [0.2, 0.25) is 0 Å². The highest BCUT2D eigenvalue weighted by molar-refractivity contribution is 7.88. The predicted octanol–water partition coefficient (Wildman–Crippen LogP) is 4.21. The molecule has 0 radical (unpaired) electrons. The number of aryl methyl sites for hydroxylation is 1. The Balaban J connectivity index is 1.56. The van der Waals surface area contributed by atoms with Crippen LogP contribution in [0.3, 0.4) is 0 Å². The van der Waals surface area contributed by atoms with Crippen molar-refractivity contribution >= 4 is 15.9 Å². The fourth-order valence-electron chi connectivity index (χ4n) is 4.13. The molecule has 1 aliphatic heterocycles. The zero-order valence-electron chi connectivity index (χ0n) is 20.5. The van der Waals surface area contributed by atoms with E-state index >= 15 is 0 Å². The third kappa shape index (κ3) is 6.73. The highest BCUT2D eigenvalue weighted by Crippen LogP contribution is 2.31. The number of carbonyl (C=O) groups excluding carboxylic acids is 1. The van der Waals surface area contributed by atoms with Crippen molar-refractivity contribution in [3.63, 3.8) is 0 Å². The molecule has 1 heterocycles. The summed E-state index contributed by atoms with van der Waals surface area (Å²) in [5.74, 6) is 1.08. The van der Waals surface area contributed by atoms with Gasteiger partial charge in [0.15, 0.2) is 11.5 Å². The molecule has 0 spiro atoms. The van der Waals surface area contributed by atoms with Crippen LogP contribution in [0.5, 0.6) is 11.5 Å². The number of rotatable bonds is 10. The molecule has 0 unspecified atom stereocenters. The van der Waals surface area contributed by atoms with Gasteiger partial charge in [-0.3, -0.25) is 4.79 Å². The van der Waals surface area contributed by atoms with Gasteiger partial charge in [0, 0.05) is 19.0 Å². The van der Waals surface area contributed by atoms with Crippen LogP contribution < -0.4 is 14.8 Å². The van der Waals surface area contributed by atoms with Crippen molar-refractivity contribution in [3.05, 3.63) is 59.2 Å². The van der Waals surface area contributed by atoms with E-state index in [1.165, 1.54) is 4.31 Å². The van der Waals surface area contributed by atoms with Crippen molar-refractivity contribution in [1.29, 1.82) is 0 Å². The van der Waals surface area contributed by atoms with Gasteiger partial charge in [0.25, 0.3) is 0 Å². The Kier molecular flexibility index (Phi) is 8.97. The van der Waals surface area contributed by atoms with Crippen molar-refractivity contribution in [3.8, 4) is 11.5 Å². The van der Waals surface area contributed by atoms with Gasteiger partial charge in [-0.15, -0.1) is 0 Å². The Morgan fingerprint density at radius 1 is 1.03 bits per heavy atom. The topological polar surface area (TPSA) is 84.9 Å². The Hall–Kier alpha value is -2.58. The highest BCUT2D eigenvalue weighted by Gasteiger charge is 2.31. The smallest absolute Gasteiger partial charge is 0.223 e. The molecule has 1 fully saturated rings. The number of hydrogen-bond donors (Lipinski definition) is 1. The second-order valence-electron chi connectivity index (χ2n) is 8.72. The van der Waals surface area contributed by atoms with Gasteiger partial charge >= 0.3 is 0 Å². The molecule has 2 aromatic carbocycles. The third-order valence-electron chi connectivity index (χ3n) is 6.11. The lowest BCUT2D eigenvalue weighted by atomic mass is 9.96. The molecule has 34 heavy (non-hydrogen) atoms. The molecule has 2 aromatic rings. The summed E-state index contributed by atoms with van der Waals surface area (Å²) in [6, 6.07) is 13.0. The minimum absolute atomic E-state index is 0.0128. The average Bonchev–Trinajstić information content (AvgIpc) is 2.82. The summed E-state index contributed by atoms with van der Waals surface area (Å²) in [5.41, 5.74) is 2.81. The largest absolute Gasteiger partial charge is 0.490 e. The lowest BCUT2D eigenvalue weighted by Gasteiger charge is -2.31. The van der Waals surface area contributed by atoms with Crippen LogP contribution >= 0.6 is 0 Å². The summed E-state index contributed by atoms with van der Waals surface area (Å²) >= 11 is 0. The predicted molar refractivity (Wildman–Crippen MR) is 133 cm³/mol. The minimum atomic E-state index is -3.41. The molecule has 0 bridgehead atoms. The monoisotopic (exact) mass is 488 g/mol. The van der Waals surface area contributed by atoms with E-state index in [4.69, 9.17) is 9.47 Å². The highest BCUT2D eigenvalue weighted by atomic mass is 32.2. The molecule has 0 saturated carbocycles. The number of nitrogens with zero attached hydrogens (tertiary/aromatic N) is 1. The van der Waals surface area contributed by atoms with E-state index < -0.39 is 10.0 Å². The number of benzene rings is 2. The molecular formula is C26H36N2O5S. The summed E-state index contributed by atoms with van der Waals surface area (Å²) < 4.78 is 38.5. The molecular weight excluding hydrogens is 452 g/mol. The van der Waals surface area contributed by atoms with Gasteiger partial charge in [0.05, 0.1) is 25.0 Å². The van der Waals surface area contributed by atoms with Crippen LogP contribution in [-0.2, 0) is 20.6 Å². The molecule has 0 aliphatic carbocycles. The first-order valence-electron chi connectivity index (χ1n) is 12.0. The molecule has 1 amide bonds. The number of carbonyl (C=O) groups is 1. The van der Waals surface area contributed by atoms with Gasteiger partial charge < -0.3 is 14.8 Å². The van der Waals surface area contributed by atoms with Gasteiger partial charge in [0.2, 0.25) is 15.9 Å². The number of nitrogens with one attached hydrogen (secondary N) is 1. The quantitative estimate of drug-likeness (QED) is 0.542. The van der Waals surface area contributed by atoms with E-state index in [-0.39, 0.29) is 23.6 Å². The molecule has 1 aliphatic rings. The molecule has 1 atom stereocenters. The zero-order valence-corrected chi connectivity index (χ0v) is 21.4. The van der Waals surface area contributed by atoms with Crippen LogP contribution in [0.4, 0.5) is 0 Å². The van der Waals surface area contributed by atoms with Crippen molar-refractivity contribution in [2.24, 2.45) is 5.92 Å². The lowest BCUT2D eigenvalue weighted by molar-refractivity contribution is -0.126. The molecule has 7 nitrogen and oxygen atoms in total. The SMILES string of the molecule is CCOc1ccc([C@H](C)NC(=O)C2CCN(S(=O)(=O)Cc3ccc(C)cc3)CC2)cc1OCC. The first kappa shape index (κ1) is 26.0. The lowest BCUT2D eigenvalue weighted by Crippen LogP contribution is -2.43. The number of ether oxygens (including phenoxy) is 2. The molecule has 1 saturated heterocycles.